The summed E-state index contributed by atoms with van der Waals surface area (Å²) in [5, 5.41) is 9.33. The number of rotatable bonds is 2. The first kappa shape index (κ1) is 13.5. The second kappa shape index (κ2) is 5.50. The van der Waals surface area contributed by atoms with Gasteiger partial charge in [-0.05, 0) is 42.0 Å². The zero-order chi connectivity index (χ0) is 14.1. The van der Waals surface area contributed by atoms with Crippen LogP contribution in [-0.4, -0.2) is 16.8 Å². The van der Waals surface area contributed by atoms with Gasteiger partial charge in [-0.15, -0.1) is 11.8 Å². The Kier molecular flexibility index (Phi) is 3.72. The lowest BCUT2D eigenvalue weighted by Crippen LogP contribution is -2.27. The highest BCUT2D eigenvalue weighted by Gasteiger charge is 2.33. The quantitative estimate of drug-likeness (QED) is 0.892. The van der Waals surface area contributed by atoms with Crippen molar-refractivity contribution in [1.82, 2.24) is 0 Å². The number of thioether (sulfide) groups is 1. The van der Waals surface area contributed by atoms with E-state index in [1.807, 2.05) is 41.3 Å². The highest BCUT2D eigenvalue weighted by molar-refractivity contribution is 9.10. The summed E-state index contributed by atoms with van der Waals surface area (Å²) < 4.78 is 0.988. The van der Waals surface area contributed by atoms with Crippen molar-refractivity contribution in [2.45, 2.75) is 5.37 Å². The van der Waals surface area contributed by atoms with Crippen LogP contribution in [0.4, 0.5) is 5.69 Å². The van der Waals surface area contributed by atoms with Crippen LogP contribution in [0.3, 0.4) is 0 Å². The monoisotopic (exact) mass is 349 g/mol. The number of carbonyl (C=O) groups is 1. The number of amides is 1. The van der Waals surface area contributed by atoms with Crippen molar-refractivity contribution in [2.75, 3.05) is 10.7 Å². The number of benzene rings is 2. The molecule has 1 aliphatic heterocycles. The fourth-order valence-corrected chi connectivity index (χ4v) is 3.63. The molecule has 1 N–H and O–H groups in total. The van der Waals surface area contributed by atoms with E-state index >= 15 is 0 Å². The molecule has 1 heterocycles. The third kappa shape index (κ3) is 2.55. The third-order valence-electron chi connectivity index (χ3n) is 3.15. The highest BCUT2D eigenvalue weighted by Crippen LogP contribution is 2.42. The normalized spacial score (nSPS) is 18.6. The average Bonchev–Trinajstić information content (AvgIpc) is 2.83. The molecule has 0 radical (unpaired) electrons. The molecule has 1 saturated heterocycles. The van der Waals surface area contributed by atoms with Gasteiger partial charge in [-0.25, -0.2) is 0 Å². The van der Waals surface area contributed by atoms with Gasteiger partial charge in [0.2, 0.25) is 5.91 Å². The number of halogens is 1. The molecule has 5 heteroatoms. The zero-order valence-electron chi connectivity index (χ0n) is 10.5. The Labute approximate surface area is 129 Å². The molecule has 102 valence electrons. The SMILES string of the molecule is O=C1CSC(c2ccc(O)cc2)N1c1ccc(Br)cc1. The molecule has 1 unspecified atom stereocenters. The molecule has 1 atom stereocenters. The number of carbonyl (C=O) groups excluding carboxylic acids is 1. The van der Waals surface area contributed by atoms with E-state index in [1.54, 1.807) is 23.9 Å². The minimum atomic E-state index is -0.0377. The van der Waals surface area contributed by atoms with Crippen molar-refractivity contribution >= 4 is 39.3 Å². The van der Waals surface area contributed by atoms with Crippen LogP contribution < -0.4 is 4.90 Å². The molecule has 1 fully saturated rings. The molecule has 0 aromatic heterocycles. The van der Waals surface area contributed by atoms with Crippen molar-refractivity contribution in [3.05, 3.63) is 58.6 Å². The smallest absolute Gasteiger partial charge is 0.238 e. The minimum absolute atomic E-state index is 0.0377. The van der Waals surface area contributed by atoms with Gasteiger partial charge in [-0.2, -0.15) is 0 Å². The fourth-order valence-electron chi connectivity index (χ4n) is 2.19. The van der Waals surface area contributed by atoms with Gasteiger partial charge in [0.25, 0.3) is 0 Å². The van der Waals surface area contributed by atoms with Crippen LogP contribution in [0.2, 0.25) is 0 Å². The van der Waals surface area contributed by atoms with Gasteiger partial charge in [0.15, 0.2) is 0 Å². The van der Waals surface area contributed by atoms with Crippen LogP contribution in [0, 0.1) is 0 Å². The number of aromatic hydroxyl groups is 1. The maximum absolute atomic E-state index is 12.2. The van der Waals surface area contributed by atoms with E-state index in [0.29, 0.717) is 5.75 Å². The Morgan fingerprint density at radius 3 is 2.40 bits per heavy atom. The van der Waals surface area contributed by atoms with Crippen molar-refractivity contribution < 1.29 is 9.90 Å². The molecular weight excluding hydrogens is 338 g/mol. The summed E-state index contributed by atoms with van der Waals surface area (Å²) in [5.74, 6) is 0.815. The van der Waals surface area contributed by atoms with Gasteiger partial charge in [-0.3, -0.25) is 9.69 Å². The molecule has 20 heavy (non-hydrogen) atoms. The Morgan fingerprint density at radius 1 is 1.10 bits per heavy atom. The van der Waals surface area contributed by atoms with E-state index < -0.39 is 0 Å². The van der Waals surface area contributed by atoms with Crippen molar-refractivity contribution in [1.29, 1.82) is 0 Å². The number of hydrogen-bond donors (Lipinski definition) is 1. The first-order chi connectivity index (χ1) is 9.65. The van der Waals surface area contributed by atoms with E-state index in [4.69, 9.17) is 0 Å². The Hall–Kier alpha value is -1.46. The lowest BCUT2D eigenvalue weighted by Gasteiger charge is -2.24. The van der Waals surface area contributed by atoms with Gasteiger partial charge >= 0.3 is 0 Å². The number of nitrogens with zero attached hydrogens (tertiary/aromatic N) is 1. The molecule has 0 aliphatic carbocycles. The molecule has 0 bridgehead atoms. The molecule has 0 spiro atoms. The van der Waals surface area contributed by atoms with Crippen molar-refractivity contribution in [2.24, 2.45) is 0 Å². The maximum Gasteiger partial charge on any atom is 0.238 e. The lowest BCUT2D eigenvalue weighted by molar-refractivity contribution is -0.115. The van der Waals surface area contributed by atoms with Crippen LogP contribution in [0.25, 0.3) is 0 Å². The van der Waals surface area contributed by atoms with E-state index in [1.165, 1.54) is 0 Å². The molecule has 1 aliphatic rings. The summed E-state index contributed by atoms with van der Waals surface area (Å²) >= 11 is 5.00. The molecule has 2 aromatic carbocycles. The van der Waals surface area contributed by atoms with Crippen molar-refractivity contribution in [3.63, 3.8) is 0 Å². The predicted octanol–water partition coefficient (Wildman–Crippen LogP) is 3.93. The zero-order valence-corrected chi connectivity index (χ0v) is 12.9. The van der Waals surface area contributed by atoms with E-state index in [-0.39, 0.29) is 17.0 Å². The molecule has 3 nitrogen and oxygen atoms in total. The van der Waals surface area contributed by atoms with Crippen molar-refractivity contribution in [3.8, 4) is 5.75 Å². The van der Waals surface area contributed by atoms with Gasteiger partial charge in [-0.1, -0.05) is 28.1 Å². The first-order valence-electron chi connectivity index (χ1n) is 6.13. The summed E-state index contributed by atoms with van der Waals surface area (Å²) in [4.78, 5) is 14.0. The lowest BCUT2D eigenvalue weighted by atomic mass is 10.2. The van der Waals surface area contributed by atoms with E-state index in [0.717, 1.165) is 15.7 Å². The summed E-state index contributed by atoms with van der Waals surface area (Å²) in [6.45, 7) is 0. The van der Waals surface area contributed by atoms with E-state index in [9.17, 15) is 9.90 Å². The molecule has 2 aromatic rings. The molecule has 1 amide bonds. The minimum Gasteiger partial charge on any atom is -0.508 e. The Bertz CT molecular complexity index is 627. The van der Waals surface area contributed by atoms with Gasteiger partial charge in [0, 0.05) is 10.2 Å². The van der Waals surface area contributed by atoms with Crippen LogP contribution in [0.15, 0.2) is 53.0 Å². The standard InChI is InChI=1S/C15H12BrNO2S/c16-11-3-5-12(6-4-11)17-14(19)9-20-15(17)10-1-7-13(18)8-2-10/h1-8,15,18H,9H2. The molecule has 0 saturated carbocycles. The topological polar surface area (TPSA) is 40.5 Å². The summed E-state index contributed by atoms with van der Waals surface area (Å²) in [7, 11) is 0. The van der Waals surface area contributed by atoms with Gasteiger partial charge in [0.05, 0.1) is 5.75 Å². The Balaban J connectivity index is 1.96. The second-order valence-electron chi connectivity index (χ2n) is 4.50. The number of hydrogen-bond acceptors (Lipinski definition) is 3. The number of phenols is 1. The van der Waals surface area contributed by atoms with Crippen LogP contribution >= 0.6 is 27.7 Å². The maximum atomic E-state index is 12.2. The highest BCUT2D eigenvalue weighted by atomic mass is 79.9. The van der Waals surface area contributed by atoms with Crippen LogP contribution in [-0.2, 0) is 4.79 Å². The predicted molar refractivity (Wildman–Crippen MR) is 84.9 cm³/mol. The summed E-state index contributed by atoms with van der Waals surface area (Å²) in [5.41, 5.74) is 1.91. The fraction of sp³-hybridized carbons (Fsp3) is 0.133. The van der Waals surface area contributed by atoms with Crippen LogP contribution in [0.5, 0.6) is 5.75 Å². The number of anilines is 1. The summed E-state index contributed by atoms with van der Waals surface area (Å²) in [6.07, 6.45) is 0. The van der Waals surface area contributed by atoms with Crippen LogP contribution in [0.1, 0.15) is 10.9 Å². The Morgan fingerprint density at radius 2 is 1.75 bits per heavy atom. The number of phenolic OH excluding ortho intramolecular Hbond substituents is 1. The molecule has 3 rings (SSSR count). The average molecular weight is 350 g/mol. The second-order valence-corrected chi connectivity index (χ2v) is 6.48. The van der Waals surface area contributed by atoms with Gasteiger partial charge < -0.3 is 5.11 Å². The summed E-state index contributed by atoms with van der Waals surface area (Å²) in [6, 6.07) is 14.7. The largest absolute Gasteiger partial charge is 0.508 e. The first-order valence-corrected chi connectivity index (χ1v) is 7.97. The van der Waals surface area contributed by atoms with E-state index in [2.05, 4.69) is 15.9 Å². The third-order valence-corrected chi connectivity index (χ3v) is 4.89. The molecular formula is C15H12BrNO2S. The van der Waals surface area contributed by atoms with Gasteiger partial charge in [0.1, 0.15) is 11.1 Å².